The average Bonchev–Trinajstić information content (AvgIpc) is 2.86. The summed E-state index contributed by atoms with van der Waals surface area (Å²) < 4.78 is 7.70. The summed E-state index contributed by atoms with van der Waals surface area (Å²) in [6, 6.07) is 8.08. The van der Waals surface area contributed by atoms with Gasteiger partial charge >= 0.3 is 0 Å². The van der Waals surface area contributed by atoms with Crippen molar-refractivity contribution in [2.24, 2.45) is 7.05 Å². The van der Waals surface area contributed by atoms with Crippen LogP contribution in [0.25, 0.3) is 11.0 Å². The summed E-state index contributed by atoms with van der Waals surface area (Å²) in [7, 11) is 1.98. The molecule has 1 aliphatic heterocycles. The van der Waals surface area contributed by atoms with Crippen molar-refractivity contribution in [2.75, 3.05) is 24.7 Å². The summed E-state index contributed by atoms with van der Waals surface area (Å²) >= 11 is 0. The summed E-state index contributed by atoms with van der Waals surface area (Å²) in [5, 5.41) is 4.56. The number of anilines is 1. The highest BCUT2D eigenvalue weighted by atomic mass is 16.5. The van der Waals surface area contributed by atoms with E-state index in [1.165, 1.54) is 11.3 Å². The highest BCUT2D eigenvalue weighted by Crippen LogP contribution is 2.32. The summed E-state index contributed by atoms with van der Waals surface area (Å²) in [6.45, 7) is 6.30. The molecule has 4 rings (SSSR count). The Morgan fingerprint density at radius 1 is 1.17 bits per heavy atom. The van der Waals surface area contributed by atoms with Crippen molar-refractivity contribution >= 4 is 16.9 Å². The number of hydrogen-bond acceptors (Lipinski definition) is 5. The van der Waals surface area contributed by atoms with Gasteiger partial charge in [-0.25, -0.2) is 4.98 Å². The van der Waals surface area contributed by atoms with Crippen molar-refractivity contribution in [3.63, 3.8) is 0 Å². The third-order valence-electron chi connectivity index (χ3n) is 4.76. The molecule has 1 atom stereocenters. The SMILES string of the molecule is Cc1nn(C)c(C)c1[C@@H]1COCCN1c1cnc2ccccc2n1. The van der Waals surface area contributed by atoms with Gasteiger partial charge in [0.2, 0.25) is 0 Å². The molecule has 0 radical (unpaired) electrons. The molecule has 0 aliphatic carbocycles. The Bertz CT molecular complexity index is 888. The monoisotopic (exact) mass is 323 g/mol. The van der Waals surface area contributed by atoms with Gasteiger partial charge in [0, 0.05) is 24.8 Å². The predicted octanol–water partition coefficient (Wildman–Crippen LogP) is 2.56. The molecule has 6 heteroatoms. The number of nitrogens with zero attached hydrogens (tertiary/aromatic N) is 5. The molecule has 6 nitrogen and oxygen atoms in total. The Morgan fingerprint density at radius 3 is 2.71 bits per heavy atom. The van der Waals surface area contributed by atoms with Gasteiger partial charge in [0.05, 0.1) is 42.2 Å². The van der Waals surface area contributed by atoms with E-state index in [2.05, 4.69) is 28.8 Å². The number of benzene rings is 1. The third-order valence-corrected chi connectivity index (χ3v) is 4.76. The Balaban J connectivity index is 1.78. The lowest BCUT2D eigenvalue weighted by Gasteiger charge is -2.36. The Labute approximate surface area is 141 Å². The first-order valence-electron chi connectivity index (χ1n) is 8.21. The van der Waals surface area contributed by atoms with Crippen molar-refractivity contribution in [3.05, 3.63) is 47.4 Å². The van der Waals surface area contributed by atoms with E-state index < -0.39 is 0 Å². The zero-order chi connectivity index (χ0) is 16.7. The molecule has 0 N–H and O–H groups in total. The smallest absolute Gasteiger partial charge is 0.148 e. The zero-order valence-corrected chi connectivity index (χ0v) is 14.2. The number of ether oxygens (including phenoxy) is 1. The van der Waals surface area contributed by atoms with Crippen LogP contribution >= 0.6 is 0 Å². The molecule has 0 amide bonds. The van der Waals surface area contributed by atoms with Gasteiger partial charge in [0.1, 0.15) is 5.82 Å². The summed E-state index contributed by atoms with van der Waals surface area (Å²) in [5.74, 6) is 0.893. The standard InChI is InChI=1S/C18H21N5O/c1-12-18(13(2)22(3)21-12)16-11-24-9-8-23(16)17-10-19-14-6-4-5-7-15(14)20-17/h4-7,10,16H,8-9,11H2,1-3H3/t16-/m0/s1. The normalized spacial score (nSPS) is 18.3. The second kappa shape index (κ2) is 5.87. The predicted molar refractivity (Wildman–Crippen MR) is 93.1 cm³/mol. The molecule has 3 heterocycles. The van der Waals surface area contributed by atoms with Gasteiger partial charge < -0.3 is 9.64 Å². The zero-order valence-electron chi connectivity index (χ0n) is 14.2. The molecule has 0 saturated carbocycles. The van der Waals surface area contributed by atoms with E-state index in [9.17, 15) is 0 Å². The molecule has 0 bridgehead atoms. The second-order valence-electron chi connectivity index (χ2n) is 6.21. The Morgan fingerprint density at radius 2 is 1.96 bits per heavy atom. The fourth-order valence-electron chi connectivity index (χ4n) is 3.48. The number of aryl methyl sites for hydroxylation is 2. The number of aromatic nitrogens is 4. The number of fused-ring (bicyclic) bond motifs is 1. The van der Waals surface area contributed by atoms with Gasteiger partial charge in [-0.15, -0.1) is 0 Å². The van der Waals surface area contributed by atoms with Crippen LogP contribution in [0.3, 0.4) is 0 Å². The van der Waals surface area contributed by atoms with Gasteiger partial charge in [-0.05, 0) is 26.0 Å². The largest absolute Gasteiger partial charge is 0.377 e. The van der Waals surface area contributed by atoms with Crippen LogP contribution in [0.1, 0.15) is 23.0 Å². The van der Waals surface area contributed by atoms with E-state index in [0.717, 1.165) is 29.1 Å². The van der Waals surface area contributed by atoms with E-state index >= 15 is 0 Å². The minimum atomic E-state index is 0.114. The van der Waals surface area contributed by atoms with Crippen LogP contribution in [0.2, 0.25) is 0 Å². The molecule has 1 fully saturated rings. The van der Waals surface area contributed by atoms with E-state index in [1.54, 1.807) is 0 Å². The topological polar surface area (TPSA) is 56.1 Å². The summed E-state index contributed by atoms with van der Waals surface area (Å²) in [4.78, 5) is 11.7. The molecular formula is C18H21N5O. The number of para-hydroxylation sites is 2. The fraction of sp³-hybridized carbons (Fsp3) is 0.389. The molecule has 2 aromatic heterocycles. The first kappa shape index (κ1) is 15.1. The number of morpholine rings is 1. The lowest BCUT2D eigenvalue weighted by Crippen LogP contribution is -2.40. The van der Waals surface area contributed by atoms with Gasteiger partial charge in [0.25, 0.3) is 0 Å². The average molecular weight is 323 g/mol. The first-order valence-corrected chi connectivity index (χ1v) is 8.21. The van der Waals surface area contributed by atoms with Gasteiger partial charge in [-0.2, -0.15) is 5.10 Å². The maximum Gasteiger partial charge on any atom is 0.148 e. The van der Waals surface area contributed by atoms with Gasteiger partial charge in [0.15, 0.2) is 0 Å². The van der Waals surface area contributed by atoms with Crippen molar-refractivity contribution in [2.45, 2.75) is 19.9 Å². The van der Waals surface area contributed by atoms with E-state index in [4.69, 9.17) is 9.72 Å². The minimum Gasteiger partial charge on any atom is -0.377 e. The van der Waals surface area contributed by atoms with Crippen LogP contribution in [0.15, 0.2) is 30.5 Å². The van der Waals surface area contributed by atoms with Crippen LogP contribution in [0.4, 0.5) is 5.82 Å². The van der Waals surface area contributed by atoms with Gasteiger partial charge in [-0.1, -0.05) is 12.1 Å². The van der Waals surface area contributed by atoms with Crippen LogP contribution < -0.4 is 4.90 Å². The highest BCUT2D eigenvalue weighted by molar-refractivity contribution is 5.75. The van der Waals surface area contributed by atoms with Crippen molar-refractivity contribution in [3.8, 4) is 0 Å². The molecule has 1 aromatic carbocycles. The molecule has 1 saturated heterocycles. The molecular weight excluding hydrogens is 302 g/mol. The summed E-state index contributed by atoms with van der Waals surface area (Å²) in [5.41, 5.74) is 5.28. The van der Waals surface area contributed by atoms with Crippen molar-refractivity contribution < 1.29 is 4.74 Å². The summed E-state index contributed by atoms with van der Waals surface area (Å²) in [6.07, 6.45) is 1.86. The van der Waals surface area contributed by atoms with Crippen LogP contribution in [-0.2, 0) is 11.8 Å². The van der Waals surface area contributed by atoms with Crippen LogP contribution in [0.5, 0.6) is 0 Å². The molecule has 24 heavy (non-hydrogen) atoms. The van der Waals surface area contributed by atoms with Crippen molar-refractivity contribution in [1.82, 2.24) is 19.7 Å². The molecule has 124 valence electrons. The van der Waals surface area contributed by atoms with E-state index in [-0.39, 0.29) is 6.04 Å². The maximum absolute atomic E-state index is 5.77. The van der Waals surface area contributed by atoms with E-state index in [1.807, 2.05) is 42.2 Å². The first-order chi connectivity index (χ1) is 11.6. The second-order valence-corrected chi connectivity index (χ2v) is 6.21. The lowest BCUT2D eigenvalue weighted by molar-refractivity contribution is 0.0933. The van der Waals surface area contributed by atoms with Crippen LogP contribution in [0, 0.1) is 13.8 Å². The van der Waals surface area contributed by atoms with Gasteiger partial charge in [-0.3, -0.25) is 9.67 Å². The molecule has 0 spiro atoms. The van der Waals surface area contributed by atoms with E-state index in [0.29, 0.717) is 13.2 Å². The number of rotatable bonds is 2. The molecule has 1 aliphatic rings. The number of hydrogen-bond donors (Lipinski definition) is 0. The lowest BCUT2D eigenvalue weighted by atomic mass is 10.0. The quantitative estimate of drug-likeness (QED) is 0.725. The molecule has 3 aromatic rings. The fourth-order valence-corrected chi connectivity index (χ4v) is 3.48. The Kier molecular flexibility index (Phi) is 3.69. The Hall–Kier alpha value is -2.47. The van der Waals surface area contributed by atoms with Crippen molar-refractivity contribution in [1.29, 1.82) is 0 Å². The minimum absolute atomic E-state index is 0.114. The molecule has 0 unspecified atom stereocenters. The maximum atomic E-state index is 5.77. The van der Waals surface area contributed by atoms with Crippen LogP contribution in [-0.4, -0.2) is 39.5 Å². The third kappa shape index (κ3) is 2.43. The highest BCUT2D eigenvalue weighted by Gasteiger charge is 2.30.